The van der Waals surface area contributed by atoms with Gasteiger partial charge >= 0.3 is 95.4 Å². The average Bonchev–Trinajstić information content (AvgIpc) is 1.16. The number of hydrogen-bond acceptors (Lipinski definition) is 7. The van der Waals surface area contributed by atoms with Crippen LogP contribution in [0.25, 0.3) is 0 Å². The van der Waals surface area contributed by atoms with E-state index in [9.17, 15) is 149 Å². The normalized spacial score (nSPS) is 15.2. The van der Waals surface area contributed by atoms with Crippen molar-refractivity contribution in [2.75, 3.05) is 11.5 Å². The lowest BCUT2D eigenvalue weighted by molar-refractivity contribution is -0.451. The Morgan fingerprint density at radius 2 is 0.530 bits per heavy atom. The van der Waals surface area contributed by atoms with Crippen LogP contribution in [0, 0.1) is 0 Å². The molecule has 0 aliphatic rings. The third-order valence-electron chi connectivity index (χ3n) is 10.3. The van der Waals surface area contributed by atoms with E-state index in [1.165, 1.54) is 24.3 Å². The zero-order chi connectivity index (χ0) is 64.5. The standard InChI is InChI=1S/C42H18F34N2O4S/c43-25(29(47,48)31(51,52)33(55,56)35(59,60)37(63,64)39(67,68)41(71,72)73)27(45)81-23-13-17(5-11-21(23)77)79-15-1-7-19(8-2-15)83-20-9-3-16(4-10-20)80-18-6-12-22(78)24(14-18)82-28(46)26(44)30(49,50)32(53,54)34(57,58)36(61,62)38(65,66)40(69,70)42(74,75)76/h1-14H,77-78H2. The zero-order valence-corrected chi connectivity index (χ0v) is 38.9. The molecule has 4 rings (SSSR count). The van der Waals surface area contributed by atoms with Crippen molar-refractivity contribution in [1.29, 1.82) is 0 Å². The number of rotatable bonds is 22. The molecule has 4 aromatic carbocycles. The van der Waals surface area contributed by atoms with E-state index in [1.54, 1.807) is 0 Å². The van der Waals surface area contributed by atoms with E-state index in [0.717, 1.165) is 48.2 Å². The van der Waals surface area contributed by atoms with Gasteiger partial charge in [0.2, 0.25) is 11.7 Å². The molecule has 0 fully saturated rings. The third kappa shape index (κ3) is 11.5. The Balaban J connectivity index is 1.47. The van der Waals surface area contributed by atoms with Crippen molar-refractivity contribution in [1.82, 2.24) is 0 Å². The molecule has 4 N–H and O–H groups in total. The summed E-state index contributed by atoms with van der Waals surface area (Å²) < 4.78 is 481. The minimum absolute atomic E-state index is 0.263. The van der Waals surface area contributed by atoms with E-state index in [0.29, 0.717) is 24.3 Å². The number of anilines is 2. The van der Waals surface area contributed by atoms with Gasteiger partial charge in [0.05, 0.1) is 11.4 Å². The van der Waals surface area contributed by atoms with Gasteiger partial charge in [-0.1, -0.05) is 11.8 Å². The summed E-state index contributed by atoms with van der Waals surface area (Å²) in [7, 11) is 0. The lowest BCUT2D eigenvalue weighted by Crippen LogP contribution is -2.72. The maximum absolute atomic E-state index is 14.5. The second-order valence-corrected chi connectivity index (χ2v) is 17.1. The first-order valence-corrected chi connectivity index (χ1v) is 21.0. The predicted octanol–water partition coefficient (Wildman–Crippen LogP) is 18.3. The first-order valence-electron chi connectivity index (χ1n) is 20.2. The Hall–Kier alpha value is -6.87. The summed E-state index contributed by atoms with van der Waals surface area (Å²) in [5.41, 5.74) is 8.71. The number of hydrogen-bond donors (Lipinski definition) is 2. The number of allylic oxidation sites excluding steroid dienone is 2. The summed E-state index contributed by atoms with van der Waals surface area (Å²) in [5.74, 6) is -116. The van der Waals surface area contributed by atoms with Crippen LogP contribution >= 0.6 is 11.8 Å². The van der Waals surface area contributed by atoms with Gasteiger partial charge in [-0.2, -0.15) is 149 Å². The Bertz CT molecular complexity index is 2860. The number of alkyl halides is 30. The summed E-state index contributed by atoms with van der Waals surface area (Å²) in [4.78, 5) is 0.552. The van der Waals surface area contributed by atoms with Crippen molar-refractivity contribution in [3.63, 3.8) is 0 Å². The van der Waals surface area contributed by atoms with Crippen LogP contribution in [-0.2, 0) is 0 Å². The molecule has 0 amide bonds. The van der Waals surface area contributed by atoms with Crippen LogP contribution < -0.4 is 30.4 Å². The molecule has 6 nitrogen and oxygen atoms in total. The highest BCUT2D eigenvalue weighted by molar-refractivity contribution is 7.99. The van der Waals surface area contributed by atoms with Crippen LogP contribution in [0.5, 0.6) is 34.5 Å². The van der Waals surface area contributed by atoms with E-state index >= 15 is 0 Å². The fourth-order valence-corrected chi connectivity index (χ4v) is 6.45. The van der Waals surface area contributed by atoms with Gasteiger partial charge in [0.25, 0.3) is 0 Å². The molecule has 0 radical (unpaired) electrons. The van der Waals surface area contributed by atoms with Gasteiger partial charge in [0.15, 0.2) is 11.5 Å². The molecule has 0 saturated carbocycles. The summed E-state index contributed by atoms with van der Waals surface area (Å²) >= 11 is 0.878. The van der Waals surface area contributed by atoms with Gasteiger partial charge in [0, 0.05) is 21.9 Å². The second kappa shape index (κ2) is 21.6. The monoisotopic (exact) mass is 1290 g/mol. The SMILES string of the molecule is Nc1ccc(Oc2ccc(Sc3ccc(Oc4ccc(N)c(OC(F)=C(F)C(F)(F)C(F)(F)C(F)(F)C(F)(F)C(F)(F)C(F)(F)C(F)(F)F)c4)cc3)cc2)cc1OC(F)=C(F)C(F)(F)C(F)(F)C(F)(F)C(F)(F)C(F)(F)C(F)(F)C(F)(F)F. The summed E-state index contributed by atoms with van der Waals surface area (Å²) in [6.07, 6.45) is -15.9. The largest absolute Gasteiger partial charge is 0.460 e. The number of benzene rings is 4. The molecule has 0 unspecified atom stereocenters. The van der Waals surface area contributed by atoms with Gasteiger partial charge in [-0.25, -0.2) is 0 Å². The lowest BCUT2D eigenvalue weighted by Gasteiger charge is -2.41. The number of nitrogens with two attached hydrogens (primary N) is 2. The molecule has 0 atom stereocenters. The minimum atomic E-state index is -8.82. The highest BCUT2D eigenvalue weighted by atomic mass is 32.2. The van der Waals surface area contributed by atoms with Crippen molar-refractivity contribution >= 4 is 23.1 Å². The fourth-order valence-electron chi connectivity index (χ4n) is 5.63. The number of ether oxygens (including phenoxy) is 4. The molecular weight excluding hydrogens is 1270 g/mol. The van der Waals surface area contributed by atoms with Gasteiger partial charge in [-0.15, -0.1) is 0 Å². The molecule has 464 valence electrons. The van der Waals surface area contributed by atoms with Crippen molar-refractivity contribution in [2.45, 2.75) is 93.2 Å². The molecule has 0 saturated heterocycles. The molecule has 0 aliphatic heterocycles. The molecule has 0 spiro atoms. The maximum atomic E-state index is 14.5. The predicted molar refractivity (Wildman–Crippen MR) is 210 cm³/mol. The first kappa shape index (κ1) is 68.6. The third-order valence-corrected chi connectivity index (χ3v) is 11.3. The number of nitrogen functional groups attached to an aromatic ring is 2. The summed E-state index contributed by atoms with van der Waals surface area (Å²) in [5, 5.41) is 0. The topological polar surface area (TPSA) is 89.0 Å². The van der Waals surface area contributed by atoms with E-state index in [-0.39, 0.29) is 21.3 Å². The Labute approximate surface area is 439 Å². The second-order valence-electron chi connectivity index (χ2n) is 15.9. The van der Waals surface area contributed by atoms with E-state index in [4.69, 9.17) is 20.9 Å². The first-order chi connectivity index (χ1) is 37.0. The molecule has 83 heavy (non-hydrogen) atoms. The minimum Gasteiger partial charge on any atom is -0.457 e. The summed E-state index contributed by atoms with van der Waals surface area (Å²) in [6, 6.07) is 5.17. The van der Waals surface area contributed by atoms with Gasteiger partial charge in [-0.3, -0.25) is 0 Å². The van der Waals surface area contributed by atoms with Crippen LogP contribution in [-0.4, -0.2) is 83.4 Å². The average molecular weight is 1290 g/mol. The lowest BCUT2D eigenvalue weighted by atomic mass is 9.91. The van der Waals surface area contributed by atoms with Crippen LogP contribution in [0.2, 0.25) is 0 Å². The highest BCUT2D eigenvalue weighted by Gasteiger charge is 2.95. The molecule has 0 heterocycles. The van der Waals surface area contributed by atoms with Gasteiger partial charge in [0.1, 0.15) is 23.0 Å². The smallest absolute Gasteiger partial charge is 0.457 e. The fraction of sp³-hybridized carbons (Fsp3) is 0.333. The Kier molecular flexibility index (Phi) is 17.9. The van der Waals surface area contributed by atoms with E-state index in [2.05, 4.69) is 9.47 Å². The molecule has 0 aromatic heterocycles. The van der Waals surface area contributed by atoms with Crippen molar-refractivity contribution in [3.8, 4) is 34.5 Å². The van der Waals surface area contributed by atoms with Crippen LogP contribution in [0.1, 0.15) is 0 Å². The molecule has 41 heteroatoms. The van der Waals surface area contributed by atoms with Crippen molar-refractivity contribution < 1.29 is 168 Å². The van der Waals surface area contributed by atoms with Gasteiger partial charge in [-0.05, 0) is 72.8 Å². The summed E-state index contributed by atoms with van der Waals surface area (Å²) in [6.45, 7) is 0. The quantitative estimate of drug-likeness (QED) is 0.0460. The van der Waals surface area contributed by atoms with Gasteiger partial charge < -0.3 is 30.4 Å². The molecule has 0 aliphatic carbocycles. The Morgan fingerprint density at radius 3 is 0.783 bits per heavy atom. The molecular formula is C42H18F34N2O4S. The number of halogens is 34. The van der Waals surface area contributed by atoms with E-state index in [1.807, 2.05) is 0 Å². The van der Waals surface area contributed by atoms with Crippen LogP contribution in [0.4, 0.5) is 161 Å². The highest BCUT2D eigenvalue weighted by Crippen LogP contribution is 2.65. The zero-order valence-electron chi connectivity index (χ0n) is 38.1. The van der Waals surface area contributed by atoms with Crippen molar-refractivity contribution in [2.24, 2.45) is 0 Å². The molecule has 0 bridgehead atoms. The maximum Gasteiger partial charge on any atom is 0.460 e. The van der Waals surface area contributed by atoms with Crippen LogP contribution in [0.15, 0.2) is 118 Å². The Morgan fingerprint density at radius 1 is 0.301 bits per heavy atom. The van der Waals surface area contributed by atoms with E-state index < -0.39 is 141 Å². The molecule has 4 aromatic rings. The van der Waals surface area contributed by atoms with Crippen molar-refractivity contribution in [3.05, 3.63) is 109 Å². The van der Waals surface area contributed by atoms with Crippen LogP contribution in [0.3, 0.4) is 0 Å².